The molecule has 0 spiro atoms. The Morgan fingerprint density at radius 2 is 2.14 bits per heavy atom. The van der Waals surface area contributed by atoms with Gasteiger partial charge in [0, 0.05) is 37.7 Å². The first-order valence-electron chi connectivity index (χ1n) is 6.10. The van der Waals surface area contributed by atoms with Gasteiger partial charge in [-0.25, -0.2) is 23.1 Å². The maximum absolute atomic E-state index is 12.3. The third-order valence-corrected chi connectivity index (χ3v) is 4.54. The highest BCUT2D eigenvalue weighted by atomic mass is 79.9. The van der Waals surface area contributed by atoms with E-state index in [9.17, 15) is 8.42 Å². The number of pyridine rings is 1. The van der Waals surface area contributed by atoms with Gasteiger partial charge in [0.1, 0.15) is 17.0 Å². The van der Waals surface area contributed by atoms with E-state index in [0.717, 1.165) is 0 Å². The van der Waals surface area contributed by atoms with Crippen molar-refractivity contribution in [1.82, 2.24) is 24.5 Å². The number of halogens is 1. The zero-order chi connectivity index (χ0) is 15.5. The largest absolute Gasteiger partial charge is 0.372 e. The summed E-state index contributed by atoms with van der Waals surface area (Å²) in [6.07, 6.45) is 3.51. The molecule has 0 saturated heterocycles. The number of nitrogens with zero attached hydrogens (tertiary/aromatic N) is 4. The van der Waals surface area contributed by atoms with Crippen molar-refractivity contribution in [3.05, 3.63) is 28.9 Å². The Morgan fingerprint density at radius 3 is 2.76 bits per heavy atom. The predicted octanol–water partition coefficient (Wildman–Crippen LogP) is 0.535. The molecule has 0 radical (unpaired) electrons. The molecule has 0 fully saturated rings. The van der Waals surface area contributed by atoms with E-state index in [1.54, 1.807) is 25.1 Å². The molecule has 2 aromatic heterocycles. The summed E-state index contributed by atoms with van der Waals surface area (Å²) in [5.74, 6) is 0.878. The summed E-state index contributed by atoms with van der Waals surface area (Å²) in [4.78, 5) is 8.16. The van der Waals surface area contributed by atoms with Crippen molar-refractivity contribution in [3.63, 3.8) is 0 Å². The third-order valence-electron chi connectivity index (χ3n) is 2.63. The molecule has 2 heterocycles. The lowest BCUT2D eigenvalue weighted by molar-refractivity contribution is 0.580. The van der Waals surface area contributed by atoms with Gasteiger partial charge in [-0.2, -0.15) is 5.10 Å². The lowest BCUT2D eigenvalue weighted by atomic mass is 10.4. The number of anilines is 1. The van der Waals surface area contributed by atoms with Gasteiger partial charge >= 0.3 is 0 Å². The minimum Gasteiger partial charge on any atom is -0.372 e. The fourth-order valence-corrected chi connectivity index (χ4v) is 3.39. The third kappa shape index (κ3) is 3.99. The smallest absolute Gasteiger partial charge is 0.244 e. The van der Waals surface area contributed by atoms with Crippen LogP contribution in [0, 0.1) is 0 Å². The molecular weight excluding hydrogens is 360 g/mol. The molecule has 0 aromatic carbocycles. The van der Waals surface area contributed by atoms with Crippen molar-refractivity contribution in [3.8, 4) is 0 Å². The summed E-state index contributed by atoms with van der Waals surface area (Å²) >= 11 is 3.22. The molecule has 21 heavy (non-hydrogen) atoms. The Hall–Kier alpha value is -1.52. The van der Waals surface area contributed by atoms with Gasteiger partial charge in [-0.1, -0.05) is 0 Å². The highest BCUT2D eigenvalue weighted by molar-refractivity contribution is 9.10. The van der Waals surface area contributed by atoms with Crippen LogP contribution in [-0.2, 0) is 23.5 Å². The van der Waals surface area contributed by atoms with E-state index in [-0.39, 0.29) is 11.4 Å². The van der Waals surface area contributed by atoms with Gasteiger partial charge in [-0.3, -0.25) is 4.68 Å². The maximum Gasteiger partial charge on any atom is 0.244 e. The second-order valence-electron chi connectivity index (χ2n) is 4.23. The van der Waals surface area contributed by atoms with Gasteiger partial charge in [0.25, 0.3) is 0 Å². The van der Waals surface area contributed by atoms with Gasteiger partial charge in [0.15, 0.2) is 5.82 Å². The zero-order valence-electron chi connectivity index (χ0n) is 11.5. The number of sulfonamides is 1. The van der Waals surface area contributed by atoms with Crippen LogP contribution in [0.15, 0.2) is 28.0 Å². The van der Waals surface area contributed by atoms with E-state index in [1.165, 1.54) is 12.3 Å². The SMILES string of the molecule is CNc1ncc(Br)cc1S(=O)(=O)NCCc1ncn(C)n1. The summed E-state index contributed by atoms with van der Waals surface area (Å²) < 4.78 is 29.3. The number of aromatic nitrogens is 4. The molecule has 0 aliphatic heterocycles. The number of hydrogen-bond acceptors (Lipinski definition) is 6. The van der Waals surface area contributed by atoms with E-state index in [4.69, 9.17) is 0 Å². The number of hydrogen-bond donors (Lipinski definition) is 2. The molecule has 0 bridgehead atoms. The molecule has 0 atom stereocenters. The van der Waals surface area contributed by atoms with E-state index in [0.29, 0.717) is 22.5 Å². The van der Waals surface area contributed by atoms with Crippen molar-refractivity contribution in [2.75, 3.05) is 18.9 Å². The van der Waals surface area contributed by atoms with Crippen LogP contribution in [0.2, 0.25) is 0 Å². The second kappa shape index (κ2) is 6.50. The zero-order valence-corrected chi connectivity index (χ0v) is 13.9. The van der Waals surface area contributed by atoms with Crippen molar-refractivity contribution in [2.45, 2.75) is 11.3 Å². The van der Waals surface area contributed by atoms with Crippen molar-refractivity contribution in [1.29, 1.82) is 0 Å². The van der Waals surface area contributed by atoms with Gasteiger partial charge < -0.3 is 5.32 Å². The van der Waals surface area contributed by atoms with Gasteiger partial charge in [-0.15, -0.1) is 0 Å². The van der Waals surface area contributed by atoms with E-state index >= 15 is 0 Å². The topological polar surface area (TPSA) is 102 Å². The highest BCUT2D eigenvalue weighted by Crippen LogP contribution is 2.22. The Bertz CT molecular complexity index is 730. The highest BCUT2D eigenvalue weighted by Gasteiger charge is 2.19. The second-order valence-corrected chi connectivity index (χ2v) is 6.88. The summed E-state index contributed by atoms with van der Waals surface area (Å²) in [7, 11) is -0.281. The molecule has 8 nitrogen and oxygen atoms in total. The van der Waals surface area contributed by atoms with Crippen molar-refractivity contribution < 1.29 is 8.42 Å². The number of aryl methyl sites for hydroxylation is 1. The minimum atomic E-state index is -3.66. The Morgan fingerprint density at radius 1 is 1.38 bits per heavy atom. The molecule has 114 valence electrons. The molecule has 0 aliphatic rings. The van der Waals surface area contributed by atoms with E-state index < -0.39 is 10.0 Å². The standard InChI is InChI=1S/C11H15BrN6O2S/c1-13-11-9(5-8(12)6-14-11)21(19,20)16-4-3-10-15-7-18(2)17-10/h5-7,16H,3-4H2,1-2H3,(H,13,14). The first kappa shape index (κ1) is 15.9. The van der Waals surface area contributed by atoms with Gasteiger partial charge in [-0.05, 0) is 22.0 Å². The monoisotopic (exact) mass is 374 g/mol. The molecule has 2 rings (SSSR count). The minimum absolute atomic E-state index is 0.0911. The predicted molar refractivity (Wildman–Crippen MR) is 81.4 cm³/mol. The molecule has 0 amide bonds. The first-order valence-corrected chi connectivity index (χ1v) is 8.37. The fourth-order valence-electron chi connectivity index (χ4n) is 1.69. The number of nitrogens with one attached hydrogen (secondary N) is 2. The van der Waals surface area contributed by atoms with Crippen LogP contribution in [0.5, 0.6) is 0 Å². The fraction of sp³-hybridized carbons (Fsp3) is 0.364. The average Bonchev–Trinajstić information content (AvgIpc) is 2.84. The molecular formula is C11H15BrN6O2S. The van der Waals surface area contributed by atoms with E-state index in [1.807, 2.05) is 0 Å². The molecule has 10 heteroatoms. The molecule has 0 unspecified atom stereocenters. The maximum atomic E-state index is 12.3. The van der Waals surface area contributed by atoms with Crippen LogP contribution in [0.3, 0.4) is 0 Å². The summed E-state index contributed by atoms with van der Waals surface area (Å²) in [6.45, 7) is 0.210. The lowest BCUT2D eigenvalue weighted by Crippen LogP contribution is -2.27. The molecule has 2 aromatic rings. The molecule has 2 N–H and O–H groups in total. The van der Waals surface area contributed by atoms with Crippen LogP contribution in [0.25, 0.3) is 0 Å². The van der Waals surface area contributed by atoms with Crippen molar-refractivity contribution >= 4 is 31.8 Å². The lowest BCUT2D eigenvalue weighted by Gasteiger charge is -2.10. The number of rotatable bonds is 6. The van der Waals surface area contributed by atoms with Crippen LogP contribution in [-0.4, -0.2) is 41.8 Å². The molecule has 0 aliphatic carbocycles. The average molecular weight is 375 g/mol. The Balaban J connectivity index is 2.09. The Kier molecular flexibility index (Phi) is 4.91. The van der Waals surface area contributed by atoms with Crippen LogP contribution in [0.4, 0.5) is 5.82 Å². The summed E-state index contributed by atoms with van der Waals surface area (Å²) in [5, 5.41) is 6.85. The van der Waals surface area contributed by atoms with Gasteiger partial charge in [0.05, 0.1) is 0 Å². The summed E-state index contributed by atoms with van der Waals surface area (Å²) in [6, 6.07) is 1.50. The van der Waals surface area contributed by atoms with Crippen molar-refractivity contribution in [2.24, 2.45) is 7.05 Å². The van der Waals surface area contributed by atoms with Crippen LogP contribution >= 0.6 is 15.9 Å². The Labute approximate surface area is 131 Å². The van der Waals surface area contributed by atoms with E-state index in [2.05, 4.69) is 41.0 Å². The quantitative estimate of drug-likeness (QED) is 0.764. The van der Waals surface area contributed by atoms with Crippen LogP contribution in [0.1, 0.15) is 5.82 Å². The van der Waals surface area contributed by atoms with Crippen LogP contribution < -0.4 is 10.0 Å². The van der Waals surface area contributed by atoms with Gasteiger partial charge in [0.2, 0.25) is 10.0 Å². The first-order chi connectivity index (χ1) is 9.92. The summed E-state index contributed by atoms with van der Waals surface area (Å²) in [5.41, 5.74) is 0. The normalized spacial score (nSPS) is 11.6. The molecule has 0 saturated carbocycles.